The summed E-state index contributed by atoms with van der Waals surface area (Å²) in [7, 11) is 0. The van der Waals surface area contributed by atoms with E-state index in [9.17, 15) is 0 Å². The van der Waals surface area contributed by atoms with Crippen molar-refractivity contribution in [2.24, 2.45) is 0 Å². The van der Waals surface area contributed by atoms with Crippen LogP contribution in [0.15, 0.2) is 45.4 Å². The van der Waals surface area contributed by atoms with E-state index in [1.54, 1.807) is 24.5 Å². The second kappa shape index (κ2) is 4.03. The number of anilines is 1. The normalized spacial score (nSPS) is 10.7. The molecular weight excluding hydrogens is 230 g/mol. The molecule has 3 rings (SSSR count). The Morgan fingerprint density at radius 3 is 2.39 bits per heavy atom. The molecule has 0 unspecified atom stereocenters. The van der Waals surface area contributed by atoms with Crippen LogP contribution < -0.4 is 5.73 Å². The van der Waals surface area contributed by atoms with Crippen molar-refractivity contribution in [1.29, 1.82) is 0 Å². The molecule has 0 saturated carbocycles. The minimum atomic E-state index is 0.452. The Kier molecular flexibility index (Phi) is 2.37. The van der Waals surface area contributed by atoms with Crippen molar-refractivity contribution in [2.75, 3.05) is 5.73 Å². The Hall–Kier alpha value is -2.56. The molecule has 0 atom stereocenters. The monoisotopic (exact) mass is 241 g/mol. The van der Waals surface area contributed by atoms with Gasteiger partial charge in [0.05, 0.1) is 11.8 Å². The van der Waals surface area contributed by atoms with Gasteiger partial charge >= 0.3 is 0 Å². The van der Waals surface area contributed by atoms with Gasteiger partial charge in [-0.15, -0.1) is 10.2 Å². The first-order chi connectivity index (χ1) is 8.74. The highest BCUT2D eigenvalue weighted by molar-refractivity contribution is 5.60. The van der Waals surface area contributed by atoms with E-state index in [0.29, 0.717) is 17.5 Å². The molecule has 2 N–H and O–H groups in total. The number of hydrogen-bond donors (Lipinski definition) is 1. The molecule has 0 aliphatic heterocycles. The first kappa shape index (κ1) is 10.6. The van der Waals surface area contributed by atoms with Crippen LogP contribution in [0.1, 0.15) is 5.76 Å². The first-order valence-corrected chi connectivity index (χ1v) is 5.48. The van der Waals surface area contributed by atoms with Crippen LogP contribution in [0.3, 0.4) is 0 Å². The van der Waals surface area contributed by atoms with Gasteiger partial charge < -0.3 is 14.6 Å². The molecule has 0 fully saturated rings. The standard InChI is InChI=1S/C13H11N3O2/c1-8-11(6-7-17-8)13-16-15-12(18-13)9-2-4-10(14)5-3-9/h2-7H,14H2,1H3. The Balaban J connectivity index is 1.99. The van der Waals surface area contributed by atoms with Crippen LogP contribution in [-0.2, 0) is 0 Å². The molecule has 0 aliphatic rings. The number of furan rings is 1. The molecule has 5 nitrogen and oxygen atoms in total. The Bertz CT molecular complexity index is 668. The number of nitrogen functional groups attached to an aromatic ring is 1. The molecule has 0 saturated heterocycles. The second-order valence-electron chi connectivity index (χ2n) is 3.92. The molecule has 18 heavy (non-hydrogen) atoms. The summed E-state index contributed by atoms with van der Waals surface area (Å²) in [5, 5.41) is 8.02. The van der Waals surface area contributed by atoms with E-state index in [2.05, 4.69) is 10.2 Å². The van der Waals surface area contributed by atoms with Gasteiger partial charge in [-0.25, -0.2) is 0 Å². The lowest BCUT2D eigenvalue weighted by molar-refractivity contribution is 0.530. The number of hydrogen-bond acceptors (Lipinski definition) is 5. The van der Waals surface area contributed by atoms with Crippen LogP contribution in [0.4, 0.5) is 5.69 Å². The SMILES string of the molecule is Cc1occc1-c1nnc(-c2ccc(N)cc2)o1. The molecule has 0 radical (unpaired) electrons. The van der Waals surface area contributed by atoms with Crippen LogP contribution in [-0.4, -0.2) is 10.2 Å². The van der Waals surface area contributed by atoms with Crippen LogP contribution in [0, 0.1) is 6.92 Å². The number of nitrogens with two attached hydrogens (primary N) is 1. The van der Waals surface area contributed by atoms with Gasteiger partial charge in [0.25, 0.3) is 5.89 Å². The van der Waals surface area contributed by atoms with Crippen molar-refractivity contribution in [3.05, 3.63) is 42.4 Å². The molecule has 5 heteroatoms. The molecule has 90 valence electrons. The lowest BCUT2D eigenvalue weighted by Gasteiger charge is -1.95. The van der Waals surface area contributed by atoms with Gasteiger partial charge in [-0.1, -0.05) is 0 Å². The fraction of sp³-hybridized carbons (Fsp3) is 0.0769. The summed E-state index contributed by atoms with van der Waals surface area (Å²) in [6, 6.07) is 9.07. The predicted molar refractivity (Wildman–Crippen MR) is 66.6 cm³/mol. The Morgan fingerprint density at radius 1 is 1.00 bits per heavy atom. The molecule has 2 aromatic heterocycles. The lowest BCUT2D eigenvalue weighted by atomic mass is 10.2. The summed E-state index contributed by atoms with van der Waals surface area (Å²) in [6.07, 6.45) is 1.59. The quantitative estimate of drug-likeness (QED) is 0.698. The summed E-state index contributed by atoms with van der Waals surface area (Å²) >= 11 is 0. The molecule has 0 bridgehead atoms. The van der Waals surface area contributed by atoms with Crippen molar-refractivity contribution in [1.82, 2.24) is 10.2 Å². The number of aromatic nitrogens is 2. The van der Waals surface area contributed by atoms with Gasteiger partial charge in [0, 0.05) is 11.3 Å². The largest absolute Gasteiger partial charge is 0.469 e. The highest BCUT2D eigenvalue weighted by Crippen LogP contribution is 2.26. The third-order valence-electron chi connectivity index (χ3n) is 2.67. The third-order valence-corrected chi connectivity index (χ3v) is 2.67. The average molecular weight is 241 g/mol. The highest BCUT2D eigenvalue weighted by atomic mass is 16.4. The summed E-state index contributed by atoms with van der Waals surface area (Å²) in [5.41, 5.74) is 7.97. The molecule has 0 spiro atoms. The maximum absolute atomic E-state index is 5.63. The zero-order chi connectivity index (χ0) is 12.5. The zero-order valence-corrected chi connectivity index (χ0v) is 9.75. The van der Waals surface area contributed by atoms with Gasteiger partial charge in [0.2, 0.25) is 5.89 Å². The van der Waals surface area contributed by atoms with Crippen LogP contribution in [0.5, 0.6) is 0 Å². The van der Waals surface area contributed by atoms with Crippen LogP contribution in [0.2, 0.25) is 0 Å². The van der Waals surface area contributed by atoms with Crippen molar-refractivity contribution in [2.45, 2.75) is 6.92 Å². The molecule has 0 amide bonds. The Labute approximate surface area is 103 Å². The van der Waals surface area contributed by atoms with Crippen LogP contribution >= 0.6 is 0 Å². The van der Waals surface area contributed by atoms with Crippen molar-refractivity contribution in [3.63, 3.8) is 0 Å². The van der Waals surface area contributed by atoms with E-state index in [1.807, 2.05) is 19.1 Å². The zero-order valence-electron chi connectivity index (χ0n) is 9.75. The predicted octanol–water partition coefficient (Wildman–Crippen LogP) is 2.89. The summed E-state index contributed by atoms with van der Waals surface area (Å²) in [4.78, 5) is 0. The first-order valence-electron chi connectivity index (χ1n) is 5.48. The van der Waals surface area contributed by atoms with Crippen LogP contribution in [0.25, 0.3) is 22.9 Å². The third kappa shape index (κ3) is 1.75. The lowest BCUT2D eigenvalue weighted by Crippen LogP contribution is -1.83. The van der Waals surface area contributed by atoms with E-state index >= 15 is 0 Å². The summed E-state index contributed by atoms with van der Waals surface area (Å²) in [6.45, 7) is 1.85. The average Bonchev–Trinajstić information content (AvgIpc) is 2.98. The molecule has 2 heterocycles. The number of aryl methyl sites for hydroxylation is 1. The molecule has 3 aromatic rings. The number of rotatable bonds is 2. The smallest absolute Gasteiger partial charge is 0.251 e. The minimum Gasteiger partial charge on any atom is -0.469 e. The molecular formula is C13H11N3O2. The van der Waals surface area contributed by atoms with Crippen molar-refractivity contribution in [3.8, 4) is 22.9 Å². The van der Waals surface area contributed by atoms with E-state index in [4.69, 9.17) is 14.6 Å². The van der Waals surface area contributed by atoms with Gasteiger partial charge in [-0.2, -0.15) is 0 Å². The van der Waals surface area contributed by atoms with Gasteiger partial charge in [0.1, 0.15) is 5.76 Å². The number of nitrogens with zero attached hydrogens (tertiary/aromatic N) is 2. The maximum atomic E-state index is 5.63. The second-order valence-corrected chi connectivity index (χ2v) is 3.92. The van der Waals surface area contributed by atoms with E-state index in [-0.39, 0.29) is 0 Å². The molecule has 1 aromatic carbocycles. The van der Waals surface area contributed by atoms with E-state index in [1.165, 1.54) is 0 Å². The minimum absolute atomic E-state index is 0.452. The van der Waals surface area contributed by atoms with Crippen molar-refractivity contribution >= 4 is 5.69 Å². The van der Waals surface area contributed by atoms with Gasteiger partial charge in [-0.05, 0) is 37.3 Å². The maximum Gasteiger partial charge on any atom is 0.251 e. The van der Waals surface area contributed by atoms with E-state index < -0.39 is 0 Å². The van der Waals surface area contributed by atoms with Gasteiger partial charge in [0.15, 0.2) is 0 Å². The van der Waals surface area contributed by atoms with E-state index in [0.717, 1.165) is 16.9 Å². The fourth-order valence-electron chi connectivity index (χ4n) is 1.68. The Morgan fingerprint density at radius 2 is 1.72 bits per heavy atom. The topological polar surface area (TPSA) is 78.1 Å². The summed E-state index contributed by atoms with van der Waals surface area (Å²) < 4.78 is 10.8. The fourth-order valence-corrected chi connectivity index (χ4v) is 1.68. The van der Waals surface area contributed by atoms with Crippen molar-refractivity contribution < 1.29 is 8.83 Å². The highest BCUT2D eigenvalue weighted by Gasteiger charge is 2.13. The summed E-state index contributed by atoms with van der Waals surface area (Å²) in [5.74, 6) is 1.67. The molecule has 0 aliphatic carbocycles. The van der Waals surface area contributed by atoms with Gasteiger partial charge in [-0.3, -0.25) is 0 Å². The number of benzene rings is 1.